The normalized spacial score (nSPS) is 12.5. The Labute approximate surface area is 330 Å². The van der Waals surface area contributed by atoms with Crippen LogP contribution in [0.5, 0.6) is 0 Å². The van der Waals surface area contributed by atoms with Crippen LogP contribution >= 0.6 is 0 Å². The van der Waals surface area contributed by atoms with E-state index in [2.05, 4.69) is 141 Å². The van der Waals surface area contributed by atoms with Crippen LogP contribution in [0.25, 0.3) is 33.3 Å². The van der Waals surface area contributed by atoms with Gasteiger partial charge in [-0.25, -0.2) is 4.98 Å². The number of hydrogen-bond acceptors (Lipinski definition) is 5. The predicted octanol–water partition coefficient (Wildman–Crippen LogP) is 12.4. The third-order valence-corrected chi connectivity index (χ3v) is 9.87. The van der Waals surface area contributed by atoms with Crippen LogP contribution in [0, 0.1) is 6.67 Å². The number of nitrogens with zero attached hydrogens (tertiary/aromatic N) is 6. The van der Waals surface area contributed by atoms with Crippen molar-refractivity contribution in [1.82, 2.24) is 19.9 Å². The minimum Gasteiger partial charge on any atom is -0.471 e. The van der Waals surface area contributed by atoms with Gasteiger partial charge in [-0.2, -0.15) is 0 Å². The molecule has 1 aliphatic rings. The predicted molar refractivity (Wildman–Crippen MR) is 218 cm³/mol. The number of rotatable bonds is 7. The number of imidazole rings is 1. The van der Waals surface area contributed by atoms with Crippen LogP contribution in [0.4, 0.5) is 22.9 Å². The molecule has 7 aromatic rings. The zero-order valence-corrected chi connectivity index (χ0v) is 34.0. The zero-order valence-electron chi connectivity index (χ0n) is 31.8. The number of hydrogen-bond donors (Lipinski definition) is 0. The van der Waals surface area contributed by atoms with E-state index in [0.717, 1.165) is 39.0 Å². The fraction of sp³-hybridized carbons (Fsp3) is 0.261. The van der Waals surface area contributed by atoms with Crippen LogP contribution in [0.3, 0.4) is 0 Å². The molecule has 53 heavy (non-hydrogen) atoms. The van der Waals surface area contributed by atoms with E-state index in [-0.39, 0.29) is 22.4 Å². The molecule has 7 heteroatoms. The molecule has 0 aliphatic carbocycles. The number of aromatic nitrogens is 4. The standard InChI is InChI=1S/C30H38N3.C16H10N3.Au/c1-19(2)23-12-9-13-24(20(3)4)28(23)32-18-33(30-27(32)16-11-17-31-30)29-25(21(5)6)14-10-15-26(29)22(7)8;1-2-6-12-11(5-1)9-10-17-15(12)16-18-13-7-3-4-8-14(13)19-16;/h9-22H,1-8H3;1-10H;/q2*-1;. The molecule has 1 aliphatic heterocycles. The van der Waals surface area contributed by atoms with Crippen molar-refractivity contribution in [2.75, 3.05) is 9.80 Å². The molecule has 1 radical (unpaired) electrons. The van der Waals surface area contributed by atoms with E-state index in [0.29, 0.717) is 29.5 Å². The van der Waals surface area contributed by atoms with Gasteiger partial charge in [0, 0.05) is 51.5 Å². The first-order chi connectivity index (χ1) is 25.1. The van der Waals surface area contributed by atoms with Crippen LogP contribution in [-0.4, -0.2) is 15.0 Å². The van der Waals surface area contributed by atoms with Gasteiger partial charge in [0.05, 0.1) is 11.4 Å². The van der Waals surface area contributed by atoms with E-state index >= 15 is 0 Å². The fourth-order valence-corrected chi connectivity index (χ4v) is 7.23. The Morgan fingerprint density at radius 1 is 0.547 bits per heavy atom. The molecule has 0 N–H and O–H groups in total. The first-order valence-corrected chi connectivity index (χ1v) is 18.5. The minimum atomic E-state index is 0. The Balaban J connectivity index is 0.000000203. The van der Waals surface area contributed by atoms with Gasteiger partial charge < -0.3 is 19.8 Å². The molecule has 6 nitrogen and oxygen atoms in total. The Hall–Kier alpha value is -4.75. The maximum absolute atomic E-state index is 4.90. The molecule has 0 saturated heterocycles. The second-order valence-electron chi connectivity index (χ2n) is 14.8. The van der Waals surface area contributed by atoms with Gasteiger partial charge >= 0.3 is 0 Å². The number of pyridine rings is 2. The summed E-state index contributed by atoms with van der Waals surface area (Å²) in [7, 11) is 0. The van der Waals surface area contributed by atoms with Crippen molar-refractivity contribution < 1.29 is 22.4 Å². The first-order valence-electron chi connectivity index (χ1n) is 18.5. The van der Waals surface area contributed by atoms with Crippen LogP contribution in [-0.2, 0) is 22.4 Å². The van der Waals surface area contributed by atoms with Crippen molar-refractivity contribution in [1.29, 1.82) is 0 Å². The summed E-state index contributed by atoms with van der Waals surface area (Å²) in [6.07, 6.45) is 3.71. The Kier molecular flexibility index (Phi) is 11.5. The van der Waals surface area contributed by atoms with Crippen molar-refractivity contribution >= 4 is 44.7 Å². The van der Waals surface area contributed by atoms with Gasteiger partial charge in [-0.15, -0.1) is 6.67 Å². The van der Waals surface area contributed by atoms with Crippen molar-refractivity contribution in [2.45, 2.75) is 79.1 Å². The van der Waals surface area contributed by atoms with Gasteiger partial charge in [0.1, 0.15) is 5.82 Å². The Morgan fingerprint density at radius 3 is 1.72 bits per heavy atom. The van der Waals surface area contributed by atoms with E-state index < -0.39 is 0 Å². The number of anilines is 4. The van der Waals surface area contributed by atoms with Gasteiger partial charge in [0.15, 0.2) is 0 Å². The monoisotopic (exact) mass is 881 g/mol. The van der Waals surface area contributed by atoms with E-state index in [9.17, 15) is 0 Å². The maximum Gasteiger partial charge on any atom is 0.126 e. The van der Waals surface area contributed by atoms with E-state index in [1.807, 2.05) is 54.7 Å². The maximum atomic E-state index is 4.90. The summed E-state index contributed by atoms with van der Waals surface area (Å²) < 4.78 is 0. The molecule has 0 saturated carbocycles. The topological polar surface area (TPSA) is 59.3 Å². The average Bonchev–Trinajstić information content (AvgIpc) is 3.76. The second kappa shape index (κ2) is 16.1. The van der Waals surface area contributed by atoms with Crippen molar-refractivity contribution in [3.63, 3.8) is 0 Å². The summed E-state index contributed by atoms with van der Waals surface area (Å²) >= 11 is 0. The largest absolute Gasteiger partial charge is 0.471 e. The molecular formula is C46H48AuN6-2. The van der Waals surface area contributed by atoms with Crippen molar-refractivity contribution in [2.24, 2.45) is 0 Å². The van der Waals surface area contributed by atoms with Crippen LogP contribution in [0.2, 0.25) is 0 Å². The van der Waals surface area contributed by atoms with E-state index in [1.165, 1.54) is 33.6 Å². The van der Waals surface area contributed by atoms with Gasteiger partial charge in [0.2, 0.25) is 0 Å². The molecule has 0 unspecified atom stereocenters. The molecule has 3 aromatic heterocycles. The summed E-state index contributed by atoms with van der Waals surface area (Å²) in [6, 6.07) is 35.8. The molecule has 0 bridgehead atoms. The molecular weight excluding hydrogens is 834 g/mol. The van der Waals surface area contributed by atoms with Gasteiger partial charge in [-0.05, 0) is 86.4 Å². The van der Waals surface area contributed by atoms with Crippen molar-refractivity contribution in [3.05, 3.63) is 144 Å². The SMILES string of the molecule is CC(C)c1cccc(C(C)C)c1N1[CH-]N(c2c(C(C)C)cccc2C(C)C)c2ncccc21.[Au].c1ccc2c(-c3nc4ccccc4[n-]3)nccc2c1. The molecule has 275 valence electrons. The van der Waals surface area contributed by atoms with Crippen molar-refractivity contribution in [3.8, 4) is 11.5 Å². The third-order valence-electron chi connectivity index (χ3n) is 9.87. The van der Waals surface area contributed by atoms with Crippen LogP contribution < -0.4 is 14.8 Å². The summed E-state index contributed by atoms with van der Waals surface area (Å²) in [6.45, 7) is 20.5. The second-order valence-corrected chi connectivity index (χ2v) is 14.8. The molecule has 0 amide bonds. The third kappa shape index (κ3) is 7.41. The quantitative estimate of drug-likeness (QED) is 0.117. The summed E-state index contributed by atoms with van der Waals surface area (Å²) in [5.41, 5.74) is 11.8. The smallest absolute Gasteiger partial charge is 0.126 e. The molecule has 8 rings (SSSR count). The molecule has 4 heterocycles. The van der Waals surface area contributed by atoms with Gasteiger partial charge in [-0.3, -0.25) is 4.98 Å². The Morgan fingerprint density at radius 2 is 1.11 bits per heavy atom. The minimum absolute atomic E-state index is 0. The Bertz CT molecular complexity index is 2160. The van der Waals surface area contributed by atoms with E-state index in [1.54, 1.807) is 6.20 Å². The number of benzene rings is 4. The van der Waals surface area contributed by atoms with E-state index in [4.69, 9.17) is 4.98 Å². The van der Waals surface area contributed by atoms with Crippen LogP contribution in [0.15, 0.2) is 116 Å². The first kappa shape index (κ1) is 38.0. The summed E-state index contributed by atoms with van der Waals surface area (Å²) in [5.74, 6) is 3.38. The molecule has 4 aromatic carbocycles. The van der Waals surface area contributed by atoms with Gasteiger partial charge in [0.25, 0.3) is 0 Å². The zero-order chi connectivity index (χ0) is 36.5. The fourth-order valence-electron chi connectivity index (χ4n) is 7.23. The molecule has 0 fully saturated rings. The van der Waals surface area contributed by atoms with Crippen LogP contribution in [0.1, 0.15) is 101 Å². The molecule has 0 spiro atoms. The number of para-hydroxylation sites is 4. The number of fused-ring (bicyclic) bond motifs is 3. The molecule has 0 atom stereocenters. The summed E-state index contributed by atoms with van der Waals surface area (Å²) in [4.78, 5) is 23.2. The summed E-state index contributed by atoms with van der Waals surface area (Å²) in [5, 5.41) is 2.24. The average molecular weight is 882 g/mol. The van der Waals surface area contributed by atoms with Gasteiger partial charge in [-0.1, -0.05) is 140 Å².